The van der Waals surface area contributed by atoms with Crippen LogP contribution in [0.4, 0.5) is 19.0 Å². The molecular formula is C22H22F3N5O. The second-order valence-corrected chi connectivity index (χ2v) is 8.69. The SMILES string of the molecule is Cn1cc(-c2ccc3cnc(NC(=O)C4CN(CC5(C(F)(F)F)CC5)C4)cc3c2)cn1. The number of aromatic nitrogens is 3. The number of hydrogen-bond acceptors (Lipinski definition) is 4. The van der Waals surface area contributed by atoms with Crippen molar-refractivity contribution in [1.82, 2.24) is 19.7 Å². The van der Waals surface area contributed by atoms with Crippen LogP contribution in [0.25, 0.3) is 21.9 Å². The number of rotatable bonds is 5. The minimum absolute atomic E-state index is 0.00831. The van der Waals surface area contributed by atoms with E-state index in [2.05, 4.69) is 15.4 Å². The van der Waals surface area contributed by atoms with Crippen LogP contribution in [0.15, 0.2) is 42.9 Å². The summed E-state index contributed by atoms with van der Waals surface area (Å²) in [5, 5.41) is 8.88. The van der Waals surface area contributed by atoms with E-state index in [4.69, 9.17) is 0 Å². The largest absolute Gasteiger partial charge is 0.395 e. The van der Waals surface area contributed by atoms with E-state index in [1.54, 1.807) is 22.0 Å². The molecule has 2 aliphatic rings. The molecule has 31 heavy (non-hydrogen) atoms. The maximum atomic E-state index is 13.1. The monoisotopic (exact) mass is 429 g/mol. The number of halogens is 3. The Kier molecular flexibility index (Phi) is 4.55. The molecule has 0 spiro atoms. The van der Waals surface area contributed by atoms with Crippen LogP contribution in [0.5, 0.6) is 0 Å². The highest BCUT2D eigenvalue weighted by atomic mass is 19.4. The molecule has 9 heteroatoms. The van der Waals surface area contributed by atoms with Gasteiger partial charge in [-0.05, 0) is 35.9 Å². The molecule has 3 aromatic rings. The van der Waals surface area contributed by atoms with Crippen molar-refractivity contribution in [3.05, 3.63) is 42.9 Å². The molecule has 1 aromatic carbocycles. The van der Waals surface area contributed by atoms with Crippen LogP contribution < -0.4 is 5.32 Å². The van der Waals surface area contributed by atoms with Gasteiger partial charge in [-0.25, -0.2) is 4.98 Å². The van der Waals surface area contributed by atoms with Gasteiger partial charge in [0.25, 0.3) is 0 Å². The van der Waals surface area contributed by atoms with Crippen LogP contribution in [0.3, 0.4) is 0 Å². The average molecular weight is 429 g/mol. The summed E-state index contributed by atoms with van der Waals surface area (Å²) in [6.45, 7) is 0.691. The number of hydrogen-bond donors (Lipinski definition) is 1. The molecule has 162 valence electrons. The zero-order chi connectivity index (χ0) is 21.8. The third-order valence-electron chi connectivity index (χ3n) is 6.32. The van der Waals surface area contributed by atoms with Gasteiger partial charge in [-0.15, -0.1) is 0 Å². The summed E-state index contributed by atoms with van der Waals surface area (Å²) in [4.78, 5) is 18.6. The van der Waals surface area contributed by atoms with Gasteiger partial charge >= 0.3 is 6.18 Å². The molecule has 2 aromatic heterocycles. The van der Waals surface area contributed by atoms with Crippen molar-refractivity contribution in [3.8, 4) is 11.1 Å². The van der Waals surface area contributed by atoms with Gasteiger partial charge in [0.2, 0.25) is 5.91 Å². The normalized spacial score (nSPS) is 18.7. The number of amides is 1. The number of carbonyl (C=O) groups is 1. The smallest absolute Gasteiger partial charge is 0.310 e. The number of likely N-dealkylation sites (tertiary alicyclic amines) is 1. The van der Waals surface area contributed by atoms with Crippen LogP contribution in [-0.4, -0.2) is 51.4 Å². The van der Waals surface area contributed by atoms with Gasteiger partial charge in [0.05, 0.1) is 17.5 Å². The number of benzene rings is 1. The predicted molar refractivity (Wildman–Crippen MR) is 110 cm³/mol. The summed E-state index contributed by atoms with van der Waals surface area (Å²) in [5.41, 5.74) is 0.450. The second-order valence-electron chi connectivity index (χ2n) is 8.69. The summed E-state index contributed by atoms with van der Waals surface area (Å²) in [7, 11) is 1.86. The fraction of sp³-hybridized carbons (Fsp3) is 0.409. The summed E-state index contributed by atoms with van der Waals surface area (Å²) in [5.74, 6) is -0.0835. The first-order valence-corrected chi connectivity index (χ1v) is 10.2. The maximum Gasteiger partial charge on any atom is 0.395 e. The Morgan fingerprint density at radius 1 is 1.16 bits per heavy atom. The maximum absolute atomic E-state index is 13.1. The van der Waals surface area contributed by atoms with Crippen molar-refractivity contribution in [2.45, 2.75) is 19.0 Å². The predicted octanol–water partition coefficient (Wildman–Crippen LogP) is 3.85. The van der Waals surface area contributed by atoms with Crippen LogP contribution in [0.2, 0.25) is 0 Å². The zero-order valence-corrected chi connectivity index (χ0v) is 17.0. The first-order chi connectivity index (χ1) is 14.7. The molecule has 1 saturated heterocycles. The van der Waals surface area contributed by atoms with Gasteiger partial charge in [-0.3, -0.25) is 9.48 Å². The van der Waals surface area contributed by atoms with Crippen LogP contribution >= 0.6 is 0 Å². The van der Waals surface area contributed by atoms with Crippen molar-refractivity contribution < 1.29 is 18.0 Å². The fourth-order valence-corrected chi connectivity index (χ4v) is 4.16. The number of fused-ring (bicyclic) bond motifs is 1. The first kappa shape index (κ1) is 20.0. The molecule has 0 radical (unpaired) electrons. The molecule has 1 aliphatic carbocycles. The Labute approximate surface area is 177 Å². The van der Waals surface area contributed by atoms with Crippen molar-refractivity contribution in [2.24, 2.45) is 18.4 Å². The van der Waals surface area contributed by atoms with Crippen molar-refractivity contribution >= 4 is 22.5 Å². The number of alkyl halides is 3. The number of nitrogens with zero attached hydrogens (tertiary/aromatic N) is 4. The fourth-order valence-electron chi connectivity index (χ4n) is 4.16. The molecule has 0 unspecified atom stereocenters. The summed E-state index contributed by atoms with van der Waals surface area (Å²) >= 11 is 0. The molecule has 1 saturated carbocycles. The number of nitrogens with one attached hydrogen (secondary N) is 1. The van der Waals surface area contributed by atoms with Gasteiger partial charge in [0, 0.05) is 50.0 Å². The van der Waals surface area contributed by atoms with Crippen LogP contribution in [-0.2, 0) is 11.8 Å². The number of aryl methyl sites for hydroxylation is 1. The Bertz CT molecular complexity index is 1150. The summed E-state index contributed by atoms with van der Waals surface area (Å²) in [6.07, 6.45) is 1.63. The summed E-state index contributed by atoms with van der Waals surface area (Å²) in [6, 6.07) is 7.79. The van der Waals surface area contributed by atoms with Gasteiger partial charge in [0.1, 0.15) is 5.82 Å². The molecule has 5 rings (SSSR count). The molecule has 3 heterocycles. The van der Waals surface area contributed by atoms with Gasteiger partial charge in [-0.2, -0.15) is 18.3 Å². The van der Waals surface area contributed by atoms with E-state index in [1.165, 1.54) is 0 Å². The first-order valence-electron chi connectivity index (χ1n) is 10.2. The number of carbonyl (C=O) groups excluding carboxylic acids is 1. The Balaban J connectivity index is 1.23. The topological polar surface area (TPSA) is 63.1 Å². The van der Waals surface area contributed by atoms with E-state index in [1.807, 2.05) is 37.5 Å². The van der Waals surface area contributed by atoms with Gasteiger partial charge < -0.3 is 10.2 Å². The van der Waals surface area contributed by atoms with Crippen molar-refractivity contribution in [2.75, 3.05) is 25.0 Å². The highest BCUT2D eigenvalue weighted by molar-refractivity contribution is 5.95. The van der Waals surface area contributed by atoms with Crippen molar-refractivity contribution in [1.29, 1.82) is 0 Å². The Hall–Kier alpha value is -2.94. The quantitative estimate of drug-likeness (QED) is 0.669. The van der Waals surface area contributed by atoms with E-state index in [9.17, 15) is 18.0 Å². The van der Waals surface area contributed by atoms with Crippen LogP contribution in [0.1, 0.15) is 12.8 Å². The molecule has 6 nitrogen and oxygen atoms in total. The number of pyridine rings is 1. The Morgan fingerprint density at radius 2 is 1.94 bits per heavy atom. The average Bonchev–Trinajstić information content (AvgIpc) is 3.37. The minimum Gasteiger partial charge on any atom is -0.310 e. The van der Waals surface area contributed by atoms with E-state index in [0.29, 0.717) is 18.9 Å². The van der Waals surface area contributed by atoms with Gasteiger partial charge in [-0.1, -0.05) is 12.1 Å². The molecule has 1 aliphatic heterocycles. The lowest BCUT2D eigenvalue weighted by molar-refractivity contribution is -0.195. The molecule has 0 atom stereocenters. The zero-order valence-electron chi connectivity index (χ0n) is 17.0. The lowest BCUT2D eigenvalue weighted by atomic mass is 9.95. The van der Waals surface area contributed by atoms with E-state index in [0.717, 1.165) is 21.9 Å². The third-order valence-corrected chi connectivity index (χ3v) is 6.32. The minimum atomic E-state index is -4.16. The third kappa shape index (κ3) is 3.78. The number of anilines is 1. The second kappa shape index (κ2) is 7.05. The highest BCUT2D eigenvalue weighted by Gasteiger charge is 2.64. The highest BCUT2D eigenvalue weighted by Crippen LogP contribution is 2.58. The molecular weight excluding hydrogens is 407 g/mol. The standard InChI is InChI=1S/C22H22F3N5O/c1-29-10-17(9-27-29)14-2-3-15-8-26-19(7-16(15)6-14)28-20(31)18-11-30(12-18)13-21(4-5-21)22(23,24)25/h2-3,6-10,18H,4-5,11-13H2,1H3,(H,26,28,31). The van der Waals surface area contributed by atoms with E-state index < -0.39 is 11.6 Å². The Morgan fingerprint density at radius 3 is 2.58 bits per heavy atom. The summed E-state index contributed by atoms with van der Waals surface area (Å²) < 4.78 is 41.1. The van der Waals surface area contributed by atoms with Gasteiger partial charge in [0.15, 0.2) is 0 Å². The molecule has 2 fully saturated rings. The van der Waals surface area contributed by atoms with E-state index >= 15 is 0 Å². The van der Waals surface area contributed by atoms with Crippen LogP contribution in [0, 0.1) is 11.3 Å². The molecule has 1 N–H and O–H groups in total. The van der Waals surface area contributed by atoms with Crippen molar-refractivity contribution in [3.63, 3.8) is 0 Å². The lowest BCUT2D eigenvalue weighted by Crippen LogP contribution is -2.55. The molecule has 1 amide bonds. The lowest BCUT2D eigenvalue weighted by Gasteiger charge is -2.40. The molecule has 0 bridgehead atoms. The van der Waals surface area contributed by atoms with E-state index in [-0.39, 0.29) is 31.2 Å².